The Morgan fingerprint density at radius 1 is 1.46 bits per heavy atom. The molecular weight excluding hydrogens is 162 g/mol. The lowest BCUT2D eigenvalue weighted by molar-refractivity contribution is -0.117. The predicted molar refractivity (Wildman–Crippen MR) is 54.8 cm³/mol. The second-order valence-electron chi connectivity index (χ2n) is 4.18. The van der Waals surface area contributed by atoms with Gasteiger partial charge in [-0.2, -0.15) is 0 Å². The Kier molecular flexibility index (Phi) is 3.91. The first-order chi connectivity index (χ1) is 6.15. The molecule has 2 nitrogen and oxygen atoms in total. The van der Waals surface area contributed by atoms with E-state index in [1.54, 1.807) is 6.92 Å². The van der Waals surface area contributed by atoms with Crippen LogP contribution in [0.25, 0.3) is 0 Å². The van der Waals surface area contributed by atoms with Gasteiger partial charge >= 0.3 is 0 Å². The van der Waals surface area contributed by atoms with Crippen LogP contribution in [-0.2, 0) is 4.79 Å². The smallest absolute Gasteiger partial charge is 0.131 e. The van der Waals surface area contributed by atoms with Gasteiger partial charge in [0.15, 0.2) is 0 Å². The molecule has 1 aliphatic heterocycles. The number of rotatable bonds is 4. The Labute approximate surface area is 81.3 Å². The second-order valence-corrected chi connectivity index (χ2v) is 4.18. The molecule has 0 spiro atoms. The fourth-order valence-corrected chi connectivity index (χ4v) is 2.25. The van der Waals surface area contributed by atoms with Crippen LogP contribution in [-0.4, -0.2) is 29.3 Å². The molecule has 0 aliphatic carbocycles. The van der Waals surface area contributed by atoms with Crippen molar-refractivity contribution in [1.29, 1.82) is 0 Å². The number of nitrogens with zero attached hydrogens (tertiary/aromatic N) is 1. The Bertz CT molecular complexity index is 179. The van der Waals surface area contributed by atoms with E-state index in [-0.39, 0.29) is 0 Å². The molecule has 2 atom stereocenters. The molecule has 1 rings (SSSR count). The maximum atomic E-state index is 10.9. The molecule has 0 radical (unpaired) electrons. The highest BCUT2D eigenvalue weighted by atomic mass is 16.1. The summed E-state index contributed by atoms with van der Waals surface area (Å²) >= 11 is 0. The highest BCUT2D eigenvalue weighted by Gasteiger charge is 2.28. The lowest BCUT2D eigenvalue weighted by Gasteiger charge is -2.27. The van der Waals surface area contributed by atoms with Crippen molar-refractivity contribution in [3.8, 4) is 0 Å². The molecule has 0 aromatic carbocycles. The predicted octanol–water partition coefficient (Wildman–Crippen LogP) is 2.23. The molecule has 76 valence electrons. The summed E-state index contributed by atoms with van der Waals surface area (Å²) in [6.45, 7) is 7.16. The number of carbonyl (C=O) groups excluding carboxylic acids is 1. The Balaban J connectivity index is 2.40. The molecule has 1 aliphatic rings. The van der Waals surface area contributed by atoms with Crippen LogP contribution in [0.5, 0.6) is 0 Å². The Morgan fingerprint density at radius 2 is 2.15 bits per heavy atom. The van der Waals surface area contributed by atoms with E-state index in [9.17, 15) is 4.79 Å². The second kappa shape index (κ2) is 4.75. The van der Waals surface area contributed by atoms with Crippen LogP contribution >= 0.6 is 0 Å². The fourth-order valence-electron chi connectivity index (χ4n) is 2.25. The average Bonchev–Trinajstić information content (AvgIpc) is 2.43. The molecule has 0 aromatic rings. The van der Waals surface area contributed by atoms with E-state index >= 15 is 0 Å². The van der Waals surface area contributed by atoms with E-state index in [0.29, 0.717) is 11.8 Å². The third kappa shape index (κ3) is 2.80. The van der Waals surface area contributed by atoms with E-state index in [2.05, 4.69) is 18.7 Å². The van der Waals surface area contributed by atoms with Gasteiger partial charge in [0.25, 0.3) is 0 Å². The van der Waals surface area contributed by atoms with E-state index in [1.165, 1.54) is 19.3 Å². The van der Waals surface area contributed by atoms with Gasteiger partial charge < -0.3 is 0 Å². The zero-order valence-electron chi connectivity index (χ0n) is 9.05. The maximum absolute atomic E-state index is 10.9. The zero-order valence-corrected chi connectivity index (χ0v) is 9.05. The van der Waals surface area contributed by atoms with Crippen molar-refractivity contribution >= 4 is 5.78 Å². The van der Waals surface area contributed by atoms with Crippen molar-refractivity contribution < 1.29 is 4.79 Å². The van der Waals surface area contributed by atoms with E-state index in [1.807, 2.05) is 0 Å². The van der Waals surface area contributed by atoms with Crippen LogP contribution in [0.15, 0.2) is 0 Å². The van der Waals surface area contributed by atoms with Gasteiger partial charge in [0.1, 0.15) is 5.78 Å². The van der Waals surface area contributed by atoms with Gasteiger partial charge in [-0.15, -0.1) is 0 Å². The van der Waals surface area contributed by atoms with Crippen molar-refractivity contribution in [3.63, 3.8) is 0 Å². The molecule has 1 heterocycles. The summed E-state index contributed by atoms with van der Waals surface area (Å²) in [5.41, 5.74) is 0. The average molecular weight is 183 g/mol. The van der Waals surface area contributed by atoms with Crippen molar-refractivity contribution in [2.75, 3.05) is 6.54 Å². The van der Waals surface area contributed by atoms with Crippen LogP contribution in [0.2, 0.25) is 0 Å². The minimum absolute atomic E-state index is 0.314. The topological polar surface area (TPSA) is 20.3 Å². The number of likely N-dealkylation sites (tertiary alicyclic amines) is 1. The molecule has 0 bridgehead atoms. The van der Waals surface area contributed by atoms with Gasteiger partial charge in [-0.25, -0.2) is 0 Å². The normalized spacial score (nSPS) is 29.5. The summed E-state index contributed by atoms with van der Waals surface area (Å²) in [6, 6.07) is 1.42. The first-order valence-corrected chi connectivity index (χ1v) is 5.40. The highest BCUT2D eigenvalue weighted by molar-refractivity contribution is 5.75. The summed E-state index contributed by atoms with van der Waals surface area (Å²) in [6.07, 6.45) is 4.56. The lowest BCUT2D eigenvalue weighted by Crippen LogP contribution is -2.35. The zero-order chi connectivity index (χ0) is 9.84. The Morgan fingerprint density at radius 3 is 2.69 bits per heavy atom. The molecule has 0 N–H and O–H groups in total. The maximum Gasteiger partial charge on any atom is 0.131 e. The first-order valence-electron chi connectivity index (χ1n) is 5.40. The van der Waals surface area contributed by atoms with Crippen molar-refractivity contribution in [1.82, 2.24) is 4.90 Å². The van der Waals surface area contributed by atoms with Crippen LogP contribution in [0.1, 0.15) is 46.5 Å². The number of hydrogen-bond donors (Lipinski definition) is 0. The molecular formula is C11H21NO. The molecule has 0 amide bonds. The van der Waals surface area contributed by atoms with Crippen molar-refractivity contribution in [3.05, 3.63) is 0 Å². The molecule has 1 fully saturated rings. The van der Waals surface area contributed by atoms with Gasteiger partial charge in [-0.1, -0.05) is 6.92 Å². The van der Waals surface area contributed by atoms with Gasteiger partial charge in [0.2, 0.25) is 0 Å². The minimum Gasteiger partial charge on any atom is -0.300 e. The molecule has 0 aromatic heterocycles. The van der Waals surface area contributed by atoms with Gasteiger partial charge in [-0.3, -0.25) is 9.69 Å². The SMILES string of the molecule is CCC1CCC(C)N1CCC(C)=O. The molecule has 2 unspecified atom stereocenters. The highest BCUT2D eigenvalue weighted by Crippen LogP contribution is 2.25. The quantitative estimate of drug-likeness (QED) is 0.666. The van der Waals surface area contributed by atoms with E-state index in [4.69, 9.17) is 0 Å². The van der Waals surface area contributed by atoms with Crippen LogP contribution < -0.4 is 0 Å². The number of hydrogen-bond acceptors (Lipinski definition) is 2. The Hall–Kier alpha value is -0.370. The van der Waals surface area contributed by atoms with Crippen molar-refractivity contribution in [2.24, 2.45) is 0 Å². The standard InChI is InChI=1S/C11H21NO/c1-4-11-6-5-9(2)12(11)8-7-10(3)13/h9,11H,4-8H2,1-3H3. The molecule has 13 heavy (non-hydrogen) atoms. The van der Waals surface area contributed by atoms with Gasteiger partial charge in [0, 0.05) is 25.0 Å². The summed E-state index contributed by atoms with van der Waals surface area (Å²) in [7, 11) is 0. The summed E-state index contributed by atoms with van der Waals surface area (Å²) < 4.78 is 0. The van der Waals surface area contributed by atoms with Crippen LogP contribution in [0.3, 0.4) is 0 Å². The molecule has 1 saturated heterocycles. The lowest BCUT2D eigenvalue weighted by atomic mass is 10.1. The van der Waals surface area contributed by atoms with Crippen LogP contribution in [0.4, 0.5) is 0 Å². The van der Waals surface area contributed by atoms with Gasteiger partial charge in [-0.05, 0) is 33.1 Å². The largest absolute Gasteiger partial charge is 0.300 e. The molecule has 0 saturated carbocycles. The third-order valence-electron chi connectivity index (χ3n) is 3.15. The fraction of sp³-hybridized carbons (Fsp3) is 0.909. The third-order valence-corrected chi connectivity index (χ3v) is 3.15. The summed E-state index contributed by atoms with van der Waals surface area (Å²) in [5.74, 6) is 0.314. The monoisotopic (exact) mass is 183 g/mol. The number of ketones is 1. The van der Waals surface area contributed by atoms with Crippen molar-refractivity contribution in [2.45, 2.75) is 58.5 Å². The number of carbonyl (C=O) groups is 1. The molecule has 2 heteroatoms. The first kappa shape index (κ1) is 10.7. The van der Waals surface area contributed by atoms with E-state index < -0.39 is 0 Å². The number of Topliss-reactive ketones (excluding diaryl/α,β-unsaturated/α-hetero) is 1. The summed E-state index contributed by atoms with van der Waals surface area (Å²) in [4.78, 5) is 13.4. The van der Waals surface area contributed by atoms with E-state index in [0.717, 1.165) is 19.0 Å². The van der Waals surface area contributed by atoms with Gasteiger partial charge in [0.05, 0.1) is 0 Å². The minimum atomic E-state index is 0.314. The summed E-state index contributed by atoms with van der Waals surface area (Å²) in [5, 5.41) is 0. The van der Waals surface area contributed by atoms with Crippen LogP contribution in [0, 0.1) is 0 Å².